The van der Waals surface area contributed by atoms with Crippen LogP contribution in [0.2, 0.25) is 0 Å². The van der Waals surface area contributed by atoms with Gasteiger partial charge in [-0.05, 0) is 29.6 Å². The van der Waals surface area contributed by atoms with Gasteiger partial charge in [-0.25, -0.2) is 0 Å². The Morgan fingerprint density at radius 1 is 1.64 bits per heavy atom. The van der Waals surface area contributed by atoms with Crippen molar-refractivity contribution >= 4 is 11.5 Å². The lowest BCUT2D eigenvalue weighted by molar-refractivity contribution is 0.526. The number of aromatic nitrogens is 2. The molecule has 1 atom stereocenters. The Kier molecular flexibility index (Phi) is 2.87. The second-order valence-electron chi connectivity index (χ2n) is 2.88. The number of rotatable bonds is 4. The zero-order chi connectivity index (χ0) is 9.80. The van der Waals surface area contributed by atoms with Gasteiger partial charge in [-0.2, -0.15) is 0 Å². The van der Waals surface area contributed by atoms with Crippen LogP contribution in [0.5, 0.6) is 0 Å². The average molecular weight is 210 g/mol. The van der Waals surface area contributed by atoms with Crippen molar-refractivity contribution in [3.8, 4) is 0 Å². The van der Waals surface area contributed by atoms with Crippen LogP contribution in [-0.4, -0.2) is 9.59 Å². The molecule has 1 unspecified atom stereocenters. The molecule has 0 fully saturated rings. The maximum absolute atomic E-state index is 5.44. The molecule has 0 aliphatic carbocycles. The van der Waals surface area contributed by atoms with Crippen LogP contribution in [0.25, 0.3) is 0 Å². The van der Waals surface area contributed by atoms with Crippen LogP contribution in [-0.2, 0) is 6.42 Å². The van der Waals surface area contributed by atoms with Gasteiger partial charge >= 0.3 is 0 Å². The summed E-state index contributed by atoms with van der Waals surface area (Å²) in [5.74, 6) is 5.44. The number of hydrazine groups is 1. The first-order valence-corrected chi connectivity index (χ1v) is 4.98. The first-order chi connectivity index (χ1) is 6.90. The van der Waals surface area contributed by atoms with Crippen molar-refractivity contribution < 1.29 is 4.42 Å². The standard InChI is InChI=1S/C8H10N4OS/c9-10-7(8-5-14-12-11-8)3-6-1-2-13-4-6/h1-2,4-5,7,10H,3,9H2. The van der Waals surface area contributed by atoms with Crippen molar-refractivity contribution in [2.75, 3.05) is 0 Å². The van der Waals surface area contributed by atoms with Crippen LogP contribution >= 0.6 is 11.5 Å². The molecule has 0 aliphatic rings. The second kappa shape index (κ2) is 4.32. The summed E-state index contributed by atoms with van der Waals surface area (Å²) in [6.07, 6.45) is 4.09. The molecular formula is C8H10N4OS. The highest BCUT2D eigenvalue weighted by Crippen LogP contribution is 2.16. The minimum atomic E-state index is -0.00801. The topological polar surface area (TPSA) is 77.0 Å². The zero-order valence-electron chi connectivity index (χ0n) is 7.38. The van der Waals surface area contributed by atoms with Gasteiger partial charge in [0, 0.05) is 5.38 Å². The third kappa shape index (κ3) is 1.98. The predicted octanol–water partition coefficient (Wildman–Crippen LogP) is 0.878. The minimum Gasteiger partial charge on any atom is -0.472 e. The minimum absolute atomic E-state index is 0.00801. The molecule has 2 aromatic heterocycles. The van der Waals surface area contributed by atoms with Crippen molar-refractivity contribution in [2.24, 2.45) is 5.84 Å². The monoisotopic (exact) mass is 210 g/mol. The summed E-state index contributed by atoms with van der Waals surface area (Å²) in [6.45, 7) is 0. The van der Waals surface area contributed by atoms with Gasteiger partial charge in [0.25, 0.3) is 0 Å². The maximum atomic E-state index is 5.44. The van der Waals surface area contributed by atoms with Crippen molar-refractivity contribution in [1.82, 2.24) is 15.0 Å². The van der Waals surface area contributed by atoms with E-state index in [1.165, 1.54) is 11.5 Å². The Morgan fingerprint density at radius 3 is 3.14 bits per heavy atom. The molecule has 6 heteroatoms. The number of hydrogen-bond acceptors (Lipinski definition) is 6. The Balaban J connectivity index is 2.08. The summed E-state index contributed by atoms with van der Waals surface area (Å²) in [6, 6.07) is 1.90. The average Bonchev–Trinajstić information content (AvgIpc) is 2.86. The highest BCUT2D eigenvalue weighted by molar-refractivity contribution is 7.03. The number of furan rings is 1. The van der Waals surface area contributed by atoms with Crippen molar-refractivity contribution in [3.63, 3.8) is 0 Å². The molecular weight excluding hydrogens is 200 g/mol. The lowest BCUT2D eigenvalue weighted by Gasteiger charge is -2.10. The van der Waals surface area contributed by atoms with Gasteiger partial charge in [0.15, 0.2) is 0 Å². The Hall–Kier alpha value is -1.24. The van der Waals surface area contributed by atoms with Gasteiger partial charge in [0.2, 0.25) is 0 Å². The number of nitrogens with one attached hydrogen (secondary N) is 1. The molecule has 14 heavy (non-hydrogen) atoms. The summed E-state index contributed by atoms with van der Waals surface area (Å²) in [4.78, 5) is 0. The summed E-state index contributed by atoms with van der Waals surface area (Å²) >= 11 is 1.32. The Morgan fingerprint density at radius 2 is 2.57 bits per heavy atom. The highest BCUT2D eigenvalue weighted by Gasteiger charge is 2.13. The molecule has 0 saturated heterocycles. The fourth-order valence-electron chi connectivity index (χ4n) is 1.22. The highest BCUT2D eigenvalue weighted by atomic mass is 32.1. The van der Waals surface area contributed by atoms with Gasteiger partial charge in [0.1, 0.15) is 0 Å². The van der Waals surface area contributed by atoms with Crippen LogP contribution in [0.3, 0.4) is 0 Å². The van der Waals surface area contributed by atoms with E-state index in [0.717, 1.165) is 17.7 Å². The van der Waals surface area contributed by atoms with E-state index in [2.05, 4.69) is 15.0 Å². The summed E-state index contributed by atoms with van der Waals surface area (Å²) in [5, 5.41) is 5.84. The molecule has 0 aromatic carbocycles. The van der Waals surface area contributed by atoms with Gasteiger partial charge < -0.3 is 4.42 Å². The molecule has 5 nitrogen and oxygen atoms in total. The summed E-state index contributed by atoms with van der Waals surface area (Å²) in [7, 11) is 0. The summed E-state index contributed by atoms with van der Waals surface area (Å²) < 4.78 is 8.77. The molecule has 0 saturated carbocycles. The van der Waals surface area contributed by atoms with Crippen LogP contribution < -0.4 is 11.3 Å². The van der Waals surface area contributed by atoms with E-state index in [-0.39, 0.29) is 6.04 Å². The van der Waals surface area contributed by atoms with E-state index >= 15 is 0 Å². The first-order valence-electron chi connectivity index (χ1n) is 4.14. The van der Waals surface area contributed by atoms with E-state index in [1.807, 2.05) is 11.4 Å². The first kappa shape index (κ1) is 9.32. The molecule has 3 N–H and O–H groups in total. The molecule has 2 heterocycles. The Labute approximate surface area is 85.1 Å². The van der Waals surface area contributed by atoms with E-state index in [9.17, 15) is 0 Å². The molecule has 0 aliphatic heterocycles. The number of nitrogens with two attached hydrogens (primary N) is 1. The molecule has 0 bridgehead atoms. The molecule has 0 amide bonds. The second-order valence-corrected chi connectivity index (χ2v) is 3.49. The zero-order valence-corrected chi connectivity index (χ0v) is 8.20. The molecule has 74 valence electrons. The van der Waals surface area contributed by atoms with E-state index < -0.39 is 0 Å². The van der Waals surface area contributed by atoms with E-state index in [0.29, 0.717) is 0 Å². The number of nitrogens with zero attached hydrogens (tertiary/aromatic N) is 2. The summed E-state index contributed by atoms with van der Waals surface area (Å²) in [5.41, 5.74) is 4.65. The van der Waals surface area contributed by atoms with Crippen molar-refractivity contribution in [3.05, 3.63) is 35.2 Å². The predicted molar refractivity (Wildman–Crippen MR) is 52.4 cm³/mol. The molecule has 0 radical (unpaired) electrons. The molecule has 2 rings (SSSR count). The maximum Gasteiger partial charge on any atom is 0.0941 e. The Bertz CT molecular complexity index is 359. The number of hydrogen-bond donors (Lipinski definition) is 2. The molecule has 2 aromatic rings. The van der Waals surface area contributed by atoms with E-state index in [4.69, 9.17) is 10.3 Å². The SMILES string of the molecule is NNC(Cc1ccoc1)c1csnn1. The van der Waals surface area contributed by atoms with Crippen LogP contribution in [0.1, 0.15) is 17.3 Å². The van der Waals surface area contributed by atoms with Gasteiger partial charge in [0.05, 0.1) is 24.3 Å². The lowest BCUT2D eigenvalue weighted by atomic mass is 10.1. The van der Waals surface area contributed by atoms with Gasteiger partial charge in [-0.1, -0.05) is 4.49 Å². The van der Waals surface area contributed by atoms with Crippen LogP contribution in [0, 0.1) is 0 Å². The quantitative estimate of drug-likeness (QED) is 0.578. The smallest absolute Gasteiger partial charge is 0.0941 e. The normalized spacial score (nSPS) is 12.9. The van der Waals surface area contributed by atoms with E-state index in [1.54, 1.807) is 12.5 Å². The van der Waals surface area contributed by atoms with Crippen molar-refractivity contribution in [1.29, 1.82) is 0 Å². The third-order valence-electron chi connectivity index (χ3n) is 1.96. The third-order valence-corrected chi connectivity index (χ3v) is 2.48. The lowest BCUT2D eigenvalue weighted by Crippen LogP contribution is -2.29. The fourth-order valence-corrected chi connectivity index (χ4v) is 1.73. The fraction of sp³-hybridized carbons (Fsp3) is 0.250. The van der Waals surface area contributed by atoms with Crippen LogP contribution in [0.4, 0.5) is 0 Å². The van der Waals surface area contributed by atoms with Gasteiger partial charge in [-0.15, -0.1) is 5.10 Å². The van der Waals surface area contributed by atoms with Crippen LogP contribution in [0.15, 0.2) is 28.4 Å². The van der Waals surface area contributed by atoms with Crippen molar-refractivity contribution in [2.45, 2.75) is 12.5 Å². The largest absolute Gasteiger partial charge is 0.472 e. The van der Waals surface area contributed by atoms with Gasteiger partial charge in [-0.3, -0.25) is 11.3 Å². The molecule has 0 spiro atoms.